The summed E-state index contributed by atoms with van der Waals surface area (Å²) >= 11 is 1.01. The molecular formula is C14H15NO5S. The third-order valence-corrected chi connectivity index (χ3v) is 3.63. The number of thioether (sulfide) groups is 1. The zero-order valence-corrected chi connectivity index (χ0v) is 12.4. The summed E-state index contributed by atoms with van der Waals surface area (Å²) in [4.78, 5) is 35.4. The first kappa shape index (κ1) is 15.4. The Morgan fingerprint density at radius 3 is 2.57 bits per heavy atom. The summed E-state index contributed by atoms with van der Waals surface area (Å²) in [6, 6.07) is 6.88. The number of rotatable bonds is 6. The Labute approximate surface area is 126 Å². The van der Waals surface area contributed by atoms with Crippen molar-refractivity contribution in [2.75, 3.05) is 19.0 Å². The Hall–Kier alpha value is -2.02. The highest BCUT2D eigenvalue weighted by molar-refractivity contribution is 8.14. The lowest BCUT2D eigenvalue weighted by Crippen LogP contribution is -2.27. The highest BCUT2D eigenvalue weighted by atomic mass is 32.2. The number of esters is 1. The molecule has 0 spiro atoms. The maximum Gasteiger partial charge on any atom is 0.344 e. The van der Waals surface area contributed by atoms with Crippen molar-refractivity contribution >= 4 is 28.9 Å². The van der Waals surface area contributed by atoms with Crippen LogP contribution in [0.4, 0.5) is 4.79 Å². The van der Waals surface area contributed by atoms with Crippen LogP contribution in [-0.2, 0) is 20.9 Å². The second kappa shape index (κ2) is 7.12. The molecule has 0 aromatic heterocycles. The van der Waals surface area contributed by atoms with Gasteiger partial charge in [-0.15, -0.1) is 0 Å². The van der Waals surface area contributed by atoms with Crippen LogP contribution in [0.5, 0.6) is 5.75 Å². The lowest BCUT2D eigenvalue weighted by atomic mass is 10.2. The molecule has 0 saturated carbocycles. The monoisotopic (exact) mass is 309 g/mol. The molecule has 2 amide bonds. The normalized spacial score (nSPS) is 14.4. The fraction of sp³-hybridized carbons (Fsp3) is 0.357. The van der Waals surface area contributed by atoms with E-state index in [4.69, 9.17) is 9.47 Å². The first-order chi connectivity index (χ1) is 10.1. The van der Waals surface area contributed by atoms with Crippen LogP contribution in [0.3, 0.4) is 0 Å². The van der Waals surface area contributed by atoms with Gasteiger partial charge in [-0.2, -0.15) is 0 Å². The van der Waals surface area contributed by atoms with E-state index < -0.39 is 5.97 Å². The number of nitrogens with zero attached hydrogens (tertiary/aromatic N) is 1. The number of hydrogen-bond acceptors (Lipinski definition) is 6. The molecule has 1 heterocycles. The maximum atomic E-state index is 11.5. The molecule has 21 heavy (non-hydrogen) atoms. The standard InChI is InChI=1S/C14H15NO5S/c1-2-19-13(17)8-20-11-5-3-10(4-6-11)7-15-12(16)9-21-14(15)18/h3-6H,2,7-9H2,1H3. The molecule has 0 N–H and O–H groups in total. The van der Waals surface area contributed by atoms with Crippen molar-refractivity contribution in [1.82, 2.24) is 4.90 Å². The Kier molecular flexibility index (Phi) is 5.21. The van der Waals surface area contributed by atoms with E-state index in [1.807, 2.05) is 0 Å². The number of benzene rings is 1. The van der Waals surface area contributed by atoms with Crippen molar-refractivity contribution in [1.29, 1.82) is 0 Å². The third-order valence-electron chi connectivity index (χ3n) is 2.77. The van der Waals surface area contributed by atoms with Crippen molar-refractivity contribution in [3.63, 3.8) is 0 Å². The molecule has 0 atom stereocenters. The molecule has 1 saturated heterocycles. The first-order valence-corrected chi connectivity index (χ1v) is 7.43. The van der Waals surface area contributed by atoms with E-state index in [9.17, 15) is 14.4 Å². The first-order valence-electron chi connectivity index (χ1n) is 6.44. The van der Waals surface area contributed by atoms with Crippen molar-refractivity contribution in [2.24, 2.45) is 0 Å². The van der Waals surface area contributed by atoms with Crippen molar-refractivity contribution in [3.05, 3.63) is 29.8 Å². The highest BCUT2D eigenvalue weighted by Gasteiger charge is 2.29. The van der Waals surface area contributed by atoms with Crippen LogP contribution < -0.4 is 4.74 Å². The molecule has 2 rings (SSSR count). The zero-order chi connectivity index (χ0) is 15.2. The molecule has 1 fully saturated rings. The van der Waals surface area contributed by atoms with Gasteiger partial charge in [0.05, 0.1) is 18.9 Å². The minimum absolute atomic E-state index is 0.146. The lowest BCUT2D eigenvalue weighted by Gasteiger charge is -2.13. The second-order valence-electron chi connectivity index (χ2n) is 4.27. The molecule has 0 radical (unpaired) electrons. The average Bonchev–Trinajstić information content (AvgIpc) is 2.79. The molecule has 1 aromatic rings. The minimum Gasteiger partial charge on any atom is -0.482 e. The quantitative estimate of drug-likeness (QED) is 0.746. The van der Waals surface area contributed by atoms with E-state index >= 15 is 0 Å². The van der Waals surface area contributed by atoms with Gasteiger partial charge in [-0.05, 0) is 24.6 Å². The van der Waals surface area contributed by atoms with Gasteiger partial charge < -0.3 is 9.47 Å². The van der Waals surface area contributed by atoms with Crippen LogP contribution in [0.1, 0.15) is 12.5 Å². The number of amides is 2. The van der Waals surface area contributed by atoms with Crippen LogP contribution in [-0.4, -0.2) is 41.0 Å². The largest absolute Gasteiger partial charge is 0.482 e. The van der Waals surface area contributed by atoms with Gasteiger partial charge in [0.25, 0.3) is 5.24 Å². The Morgan fingerprint density at radius 2 is 2.00 bits per heavy atom. The second-order valence-corrected chi connectivity index (χ2v) is 5.20. The molecule has 1 aliphatic heterocycles. The summed E-state index contributed by atoms with van der Waals surface area (Å²) in [5.74, 6) is 0.138. The maximum absolute atomic E-state index is 11.5. The van der Waals surface area contributed by atoms with Gasteiger partial charge >= 0.3 is 5.97 Å². The van der Waals surface area contributed by atoms with Crippen molar-refractivity contribution < 1.29 is 23.9 Å². The van der Waals surface area contributed by atoms with E-state index in [2.05, 4.69) is 0 Å². The predicted molar refractivity (Wildman–Crippen MR) is 77.0 cm³/mol. The van der Waals surface area contributed by atoms with Crippen molar-refractivity contribution in [3.8, 4) is 5.75 Å². The van der Waals surface area contributed by atoms with Gasteiger partial charge in [-0.25, -0.2) is 4.79 Å². The number of carbonyl (C=O) groups is 3. The van der Waals surface area contributed by atoms with Gasteiger partial charge in [0.15, 0.2) is 6.61 Å². The van der Waals surface area contributed by atoms with E-state index in [-0.39, 0.29) is 30.1 Å². The molecule has 112 valence electrons. The van der Waals surface area contributed by atoms with Gasteiger partial charge in [0.2, 0.25) is 5.91 Å². The topological polar surface area (TPSA) is 72.9 Å². The predicted octanol–water partition coefficient (Wildman–Crippen LogP) is 1.82. The number of ether oxygens (including phenoxy) is 2. The summed E-state index contributed by atoms with van der Waals surface area (Å²) in [7, 11) is 0. The Morgan fingerprint density at radius 1 is 1.29 bits per heavy atom. The molecular weight excluding hydrogens is 294 g/mol. The van der Waals surface area contributed by atoms with Crippen LogP contribution >= 0.6 is 11.8 Å². The third kappa shape index (κ3) is 4.22. The molecule has 0 bridgehead atoms. The van der Waals surface area contributed by atoms with Crippen LogP contribution in [0, 0.1) is 0 Å². The van der Waals surface area contributed by atoms with Gasteiger partial charge in [-0.1, -0.05) is 23.9 Å². The fourth-order valence-electron chi connectivity index (χ4n) is 1.75. The molecule has 7 heteroatoms. The Bertz CT molecular complexity index is 527. The molecule has 1 aliphatic rings. The molecule has 0 unspecified atom stereocenters. The van der Waals surface area contributed by atoms with Gasteiger partial charge in [-0.3, -0.25) is 14.5 Å². The SMILES string of the molecule is CCOC(=O)COc1ccc(CN2C(=O)CSC2=O)cc1. The van der Waals surface area contributed by atoms with E-state index in [0.29, 0.717) is 12.4 Å². The van der Waals surface area contributed by atoms with Crippen LogP contribution in [0.2, 0.25) is 0 Å². The summed E-state index contributed by atoms with van der Waals surface area (Å²) in [5, 5.41) is -0.220. The van der Waals surface area contributed by atoms with Crippen LogP contribution in [0.25, 0.3) is 0 Å². The zero-order valence-electron chi connectivity index (χ0n) is 11.5. The van der Waals surface area contributed by atoms with Crippen molar-refractivity contribution in [2.45, 2.75) is 13.5 Å². The number of imide groups is 1. The van der Waals surface area contributed by atoms with E-state index in [0.717, 1.165) is 17.3 Å². The minimum atomic E-state index is -0.424. The Balaban J connectivity index is 1.88. The molecule has 1 aromatic carbocycles. The summed E-state index contributed by atoms with van der Waals surface area (Å²) in [5.41, 5.74) is 0.822. The number of hydrogen-bond donors (Lipinski definition) is 0. The lowest BCUT2D eigenvalue weighted by molar-refractivity contribution is -0.145. The summed E-state index contributed by atoms with van der Waals surface area (Å²) in [6.45, 7) is 2.15. The molecule has 0 aliphatic carbocycles. The van der Waals surface area contributed by atoms with Gasteiger partial charge in [0.1, 0.15) is 5.75 Å². The van der Waals surface area contributed by atoms with Crippen LogP contribution in [0.15, 0.2) is 24.3 Å². The highest BCUT2D eigenvalue weighted by Crippen LogP contribution is 2.22. The van der Waals surface area contributed by atoms with E-state index in [1.54, 1.807) is 31.2 Å². The number of carbonyl (C=O) groups excluding carboxylic acids is 3. The fourth-order valence-corrected chi connectivity index (χ4v) is 2.48. The summed E-state index contributed by atoms with van der Waals surface area (Å²) in [6.07, 6.45) is 0. The average molecular weight is 309 g/mol. The van der Waals surface area contributed by atoms with E-state index in [1.165, 1.54) is 4.90 Å². The van der Waals surface area contributed by atoms with Gasteiger partial charge in [0, 0.05) is 0 Å². The summed E-state index contributed by atoms with van der Waals surface area (Å²) < 4.78 is 10.0. The molecule has 6 nitrogen and oxygen atoms in total. The smallest absolute Gasteiger partial charge is 0.344 e.